The summed E-state index contributed by atoms with van der Waals surface area (Å²) in [6.07, 6.45) is -3.44. The molecule has 0 spiro atoms. The highest BCUT2D eigenvalue weighted by molar-refractivity contribution is 5.72. The molecule has 14 heteroatoms. The highest BCUT2D eigenvalue weighted by Crippen LogP contribution is 2.39. The van der Waals surface area contributed by atoms with Crippen molar-refractivity contribution in [2.75, 3.05) is 5.32 Å². The van der Waals surface area contributed by atoms with Crippen molar-refractivity contribution < 1.29 is 31.8 Å². The Hall–Kier alpha value is -3.42. The van der Waals surface area contributed by atoms with Crippen LogP contribution in [0.2, 0.25) is 0 Å². The number of anilines is 2. The quantitative estimate of drug-likeness (QED) is 0.402. The molecule has 2 fully saturated rings. The first-order valence-corrected chi connectivity index (χ1v) is 11.5. The Bertz CT molecular complexity index is 1270. The predicted molar refractivity (Wildman–Crippen MR) is 118 cm³/mol. The molecule has 3 aromatic heterocycles. The number of ether oxygens (including phenoxy) is 2. The summed E-state index contributed by atoms with van der Waals surface area (Å²) in [6, 6.07) is 3.06. The molecule has 3 N–H and O–H groups in total. The molecule has 0 unspecified atom stereocenters. The number of carbonyl (C=O) groups is 1. The zero-order valence-electron chi connectivity index (χ0n) is 19.5. The summed E-state index contributed by atoms with van der Waals surface area (Å²) < 4.78 is 62.9. The number of H-pyrrole nitrogens is 1. The van der Waals surface area contributed by atoms with Gasteiger partial charge in [-0.2, -0.15) is 10.2 Å². The first-order valence-electron chi connectivity index (χ1n) is 11.5. The molecule has 5 rings (SSSR count). The molecule has 2 aliphatic carbocycles. The highest BCUT2D eigenvalue weighted by Gasteiger charge is 2.43. The van der Waals surface area contributed by atoms with Crippen LogP contribution in [-0.2, 0) is 16.1 Å². The molecule has 0 radical (unpaired) electrons. The number of hydrogen-bond acceptors (Lipinski definition) is 7. The van der Waals surface area contributed by atoms with Gasteiger partial charge < -0.3 is 15.4 Å². The summed E-state index contributed by atoms with van der Waals surface area (Å²) in [7, 11) is 0. The number of alkyl halides is 4. The lowest BCUT2D eigenvalue weighted by Crippen LogP contribution is -2.38. The maximum absolute atomic E-state index is 15.1. The Labute approximate surface area is 202 Å². The van der Waals surface area contributed by atoms with Crippen LogP contribution in [0.1, 0.15) is 55.6 Å². The van der Waals surface area contributed by atoms with E-state index in [0.717, 1.165) is 12.8 Å². The number of fused-ring (bicyclic) bond motifs is 1. The number of hydrogen-bond donors (Lipinski definition) is 3. The minimum atomic E-state index is -4.77. The molecule has 3 aromatic rings. The van der Waals surface area contributed by atoms with Gasteiger partial charge in [0.25, 0.3) is 0 Å². The number of nitrogens with zero attached hydrogens (tertiary/aromatic N) is 4. The molecule has 2 aliphatic rings. The number of aromatic amines is 1. The monoisotopic (exact) mass is 511 g/mol. The molecule has 36 heavy (non-hydrogen) atoms. The lowest BCUT2D eigenvalue weighted by Gasteiger charge is -2.19. The van der Waals surface area contributed by atoms with Crippen molar-refractivity contribution in [2.45, 2.75) is 76.2 Å². The molecule has 0 aliphatic heterocycles. The van der Waals surface area contributed by atoms with Gasteiger partial charge in [-0.25, -0.2) is 18.7 Å². The average molecular weight is 511 g/mol. The summed E-state index contributed by atoms with van der Waals surface area (Å²) in [5.41, 5.74) is 1.33. The second-order valence-corrected chi connectivity index (χ2v) is 9.52. The smallest absolute Gasteiger partial charge is 0.443 e. The number of aryl methyl sites for hydroxylation is 1. The Kier molecular flexibility index (Phi) is 6.01. The van der Waals surface area contributed by atoms with E-state index in [1.54, 1.807) is 19.2 Å². The number of aromatic nitrogens is 5. The van der Waals surface area contributed by atoms with Gasteiger partial charge in [0.15, 0.2) is 11.6 Å². The van der Waals surface area contributed by atoms with Crippen molar-refractivity contribution in [3.8, 4) is 0 Å². The molecule has 0 saturated heterocycles. The van der Waals surface area contributed by atoms with Gasteiger partial charge in [-0.1, -0.05) is 0 Å². The minimum Gasteiger partial charge on any atom is -0.443 e. The Balaban J connectivity index is 1.26. The van der Waals surface area contributed by atoms with Crippen LogP contribution in [0.5, 0.6) is 0 Å². The van der Waals surface area contributed by atoms with Crippen molar-refractivity contribution in [3.63, 3.8) is 0 Å². The maximum Gasteiger partial charge on any atom is 0.522 e. The fraction of sp³-hybridized carbons (Fsp3) is 0.545. The van der Waals surface area contributed by atoms with E-state index >= 15 is 4.39 Å². The normalized spacial score (nSPS) is 23.1. The first kappa shape index (κ1) is 24.3. The zero-order valence-corrected chi connectivity index (χ0v) is 19.5. The van der Waals surface area contributed by atoms with Gasteiger partial charge in [0.2, 0.25) is 0 Å². The lowest BCUT2D eigenvalue weighted by molar-refractivity contribution is -0.330. The van der Waals surface area contributed by atoms with Gasteiger partial charge in [0.1, 0.15) is 24.4 Å². The van der Waals surface area contributed by atoms with E-state index in [1.807, 2.05) is 6.92 Å². The van der Waals surface area contributed by atoms with E-state index in [0.29, 0.717) is 41.4 Å². The number of carbonyl (C=O) groups excluding carboxylic acids is 1. The highest BCUT2D eigenvalue weighted by atomic mass is 19.4. The van der Waals surface area contributed by atoms with Crippen LogP contribution in [0.3, 0.4) is 0 Å². The van der Waals surface area contributed by atoms with E-state index in [4.69, 9.17) is 4.74 Å². The van der Waals surface area contributed by atoms with Gasteiger partial charge in [-0.05, 0) is 45.6 Å². The Morgan fingerprint density at radius 3 is 2.81 bits per heavy atom. The van der Waals surface area contributed by atoms with Crippen LogP contribution in [-0.4, -0.2) is 55.1 Å². The number of halogens is 4. The van der Waals surface area contributed by atoms with E-state index in [2.05, 4.69) is 35.7 Å². The molecule has 1 amide bonds. The minimum absolute atomic E-state index is 0.0717. The van der Waals surface area contributed by atoms with Gasteiger partial charge >= 0.3 is 12.5 Å². The van der Waals surface area contributed by atoms with E-state index in [-0.39, 0.29) is 11.2 Å². The van der Waals surface area contributed by atoms with E-state index < -0.39 is 37.3 Å². The summed E-state index contributed by atoms with van der Waals surface area (Å²) in [5.74, 6) is 0.123. The number of alkyl carbamates (subject to hydrolysis) is 1. The molecule has 3 heterocycles. The SMILES string of the molecule is Cc1cn2nc(COC(F)(F)F)cc2c(Nc2cc([C@@H]3CC[C@H](OC(=O)NC4(C)CC4)[C@H]3F)[nH]n2)n1. The number of rotatable bonds is 7. The summed E-state index contributed by atoms with van der Waals surface area (Å²) in [4.78, 5) is 16.5. The molecule has 3 atom stereocenters. The molecule has 2 saturated carbocycles. The van der Waals surface area contributed by atoms with Crippen molar-refractivity contribution >= 4 is 23.2 Å². The number of nitrogens with one attached hydrogen (secondary N) is 3. The Morgan fingerprint density at radius 2 is 2.08 bits per heavy atom. The van der Waals surface area contributed by atoms with Gasteiger partial charge in [-0.3, -0.25) is 9.84 Å². The summed E-state index contributed by atoms with van der Waals surface area (Å²) >= 11 is 0. The van der Waals surface area contributed by atoms with Crippen LogP contribution in [0.15, 0.2) is 18.3 Å². The molecule has 10 nitrogen and oxygen atoms in total. The second kappa shape index (κ2) is 8.91. The molecule has 194 valence electrons. The number of amides is 1. The molecule has 0 aromatic carbocycles. The van der Waals surface area contributed by atoms with Crippen LogP contribution in [0.25, 0.3) is 5.52 Å². The van der Waals surface area contributed by atoms with Crippen LogP contribution in [0, 0.1) is 6.92 Å². The average Bonchev–Trinajstić information content (AvgIpc) is 3.12. The van der Waals surface area contributed by atoms with Crippen molar-refractivity contribution in [2.24, 2.45) is 0 Å². The fourth-order valence-corrected chi connectivity index (χ4v) is 4.29. The van der Waals surface area contributed by atoms with Gasteiger partial charge in [0, 0.05) is 23.2 Å². The van der Waals surface area contributed by atoms with Crippen LogP contribution < -0.4 is 10.6 Å². The van der Waals surface area contributed by atoms with Crippen molar-refractivity contribution in [3.05, 3.63) is 35.4 Å². The van der Waals surface area contributed by atoms with Crippen LogP contribution >= 0.6 is 0 Å². The maximum atomic E-state index is 15.1. The predicted octanol–water partition coefficient (Wildman–Crippen LogP) is 4.40. The largest absolute Gasteiger partial charge is 0.522 e. The zero-order chi connectivity index (χ0) is 25.7. The second-order valence-electron chi connectivity index (χ2n) is 9.52. The topological polar surface area (TPSA) is 118 Å². The van der Waals surface area contributed by atoms with Crippen molar-refractivity contribution in [1.82, 2.24) is 30.1 Å². The Morgan fingerprint density at radius 1 is 1.31 bits per heavy atom. The summed E-state index contributed by atoms with van der Waals surface area (Å²) in [6.45, 7) is 2.88. The fourth-order valence-electron chi connectivity index (χ4n) is 4.29. The first-order chi connectivity index (χ1) is 17.0. The van der Waals surface area contributed by atoms with Gasteiger partial charge in [-0.15, -0.1) is 13.2 Å². The summed E-state index contributed by atoms with van der Waals surface area (Å²) in [5, 5.41) is 16.9. The molecular weight excluding hydrogens is 486 g/mol. The molecule has 0 bridgehead atoms. The van der Waals surface area contributed by atoms with E-state index in [9.17, 15) is 18.0 Å². The lowest BCUT2D eigenvalue weighted by atomic mass is 10.0. The molecular formula is C22H25F4N7O3. The third kappa shape index (κ3) is 5.37. The van der Waals surface area contributed by atoms with Crippen molar-refractivity contribution in [1.29, 1.82) is 0 Å². The van der Waals surface area contributed by atoms with E-state index in [1.165, 1.54) is 10.6 Å². The van der Waals surface area contributed by atoms with Gasteiger partial charge in [0.05, 0.1) is 17.6 Å². The third-order valence-corrected chi connectivity index (χ3v) is 6.42. The third-order valence-electron chi connectivity index (χ3n) is 6.42. The van der Waals surface area contributed by atoms with Crippen LogP contribution in [0.4, 0.5) is 34.0 Å². The standard InChI is InChI=1S/C22H25F4N7O3/c1-11-9-33-15(7-12(32-33)10-35-22(24,25)26)19(27-11)28-17-8-14(30-31-17)13-3-4-16(18(13)23)36-20(34)29-21(2)5-6-21/h7-9,13,16,18H,3-6,10H2,1-2H3,(H,29,34)(H2,27,28,30,31)/t13-,16-,18-/m0/s1.